The lowest BCUT2D eigenvalue weighted by molar-refractivity contribution is -0.117. The summed E-state index contributed by atoms with van der Waals surface area (Å²) in [7, 11) is 0. The van der Waals surface area contributed by atoms with Crippen molar-refractivity contribution >= 4 is 29.3 Å². The highest BCUT2D eigenvalue weighted by Gasteiger charge is 2.21. The predicted molar refractivity (Wildman–Crippen MR) is 104 cm³/mol. The van der Waals surface area contributed by atoms with Gasteiger partial charge in [-0.25, -0.2) is 4.79 Å². The molecule has 2 rings (SSSR count). The topological polar surface area (TPSA) is 85.7 Å². The molecule has 0 spiro atoms. The summed E-state index contributed by atoms with van der Waals surface area (Å²) in [5.74, 6) is 0.142. The average Bonchev–Trinajstić information content (AvgIpc) is 2.85. The second-order valence-electron chi connectivity index (χ2n) is 6.94. The molecule has 0 radical (unpaired) electrons. The summed E-state index contributed by atoms with van der Waals surface area (Å²) in [5.41, 5.74) is 0.921. The number of rotatable bonds is 5. The zero-order valence-electron chi connectivity index (χ0n) is 15.7. The third-order valence-corrected chi connectivity index (χ3v) is 4.44. The van der Waals surface area contributed by atoms with Crippen molar-refractivity contribution in [2.45, 2.75) is 20.3 Å². The molecule has 0 aliphatic carbocycles. The van der Waals surface area contributed by atoms with Crippen LogP contribution in [0.4, 0.5) is 10.5 Å². The molecule has 27 heavy (non-hydrogen) atoms. The van der Waals surface area contributed by atoms with E-state index in [2.05, 4.69) is 5.32 Å². The first-order valence-electron chi connectivity index (χ1n) is 9.02. The Labute approximate surface area is 164 Å². The van der Waals surface area contributed by atoms with Gasteiger partial charge in [-0.05, 0) is 30.5 Å². The molecule has 0 unspecified atom stereocenters. The van der Waals surface area contributed by atoms with Gasteiger partial charge in [0.1, 0.15) is 6.07 Å². The number of nitriles is 1. The van der Waals surface area contributed by atoms with E-state index in [1.54, 1.807) is 23.1 Å². The number of anilines is 1. The fourth-order valence-corrected chi connectivity index (χ4v) is 2.95. The fourth-order valence-electron chi connectivity index (χ4n) is 2.73. The lowest BCUT2D eigenvalue weighted by Gasteiger charge is -2.21. The molecular formula is C19H25ClN4O3. The van der Waals surface area contributed by atoms with Crippen LogP contribution in [-0.4, -0.2) is 61.1 Å². The van der Waals surface area contributed by atoms with Crippen molar-refractivity contribution in [3.63, 3.8) is 0 Å². The molecule has 146 valence electrons. The quantitative estimate of drug-likeness (QED) is 0.832. The molecule has 1 fully saturated rings. The minimum absolute atomic E-state index is 0.161. The van der Waals surface area contributed by atoms with Crippen LogP contribution in [0.3, 0.4) is 0 Å². The predicted octanol–water partition coefficient (Wildman–Crippen LogP) is 2.95. The minimum atomic E-state index is -0.290. The van der Waals surface area contributed by atoms with Crippen LogP contribution in [0.25, 0.3) is 0 Å². The maximum Gasteiger partial charge on any atom is 0.409 e. The molecule has 2 amide bonds. The molecule has 0 bridgehead atoms. The van der Waals surface area contributed by atoms with Crippen molar-refractivity contribution < 1.29 is 14.3 Å². The third kappa shape index (κ3) is 6.74. The van der Waals surface area contributed by atoms with Crippen molar-refractivity contribution in [1.82, 2.24) is 9.80 Å². The number of benzene rings is 1. The van der Waals surface area contributed by atoms with Crippen molar-refractivity contribution in [1.29, 1.82) is 5.26 Å². The van der Waals surface area contributed by atoms with E-state index >= 15 is 0 Å². The van der Waals surface area contributed by atoms with Gasteiger partial charge in [-0.1, -0.05) is 25.4 Å². The highest BCUT2D eigenvalue weighted by atomic mass is 35.5. The largest absolute Gasteiger partial charge is 0.449 e. The SMILES string of the molecule is CC(C)COC(=O)N1CCCN(CC(=O)Nc2ccc(C#N)c(Cl)c2)CC1. The summed E-state index contributed by atoms with van der Waals surface area (Å²) >= 11 is 5.98. The lowest BCUT2D eigenvalue weighted by Crippen LogP contribution is -2.38. The van der Waals surface area contributed by atoms with E-state index in [0.29, 0.717) is 48.4 Å². The van der Waals surface area contributed by atoms with Gasteiger partial charge in [0.15, 0.2) is 0 Å². The molecule has 1 aromatic rings. The Balaban J connectivity index is 1.82. The van der Waals surface area contributed by atoms with Crippen LogP contribution in [-0.2, 0) is 9.53 Å². The van der Waals surface area contributed by atoms with E-state index in [-0.39, 0.29) is 18.5 Å². The van der Waals surface area contributed by atoms with Gasteiger partial charge in [-0.2, -0.15) is 5.26 Å². The third-order valence-electron chi connectivity index (χ3n) is 4.13. The maximum atomic E-state index is 12.3. The van der Waals surface area contributed by atoms with E-state index in [1.165, 1.54) is 0 Å². The Bertz CT molecular complexity index is 717. The summed E-state index contributed by atoms with van der Waals surface area (Å²) < 4.78 is 5.28. The van der Waals surface area contributed by atoms with Gasteiger partial charge in [0.25, 0.3) is 0 Å². The van der Waals surface area contributed by atoms with Gasteiger partial charge in [-0.3, -0.25) is 9.69 Å². The molecule has 1 aliphatic rings. The maximum absolute atomic E-state index is 12.3. The summed E-state index contributed by atoms with van der Waals surface area (Å²) in [6, 6.07) is 6.77. The van der Waals surface area contributed by atoms with Crippen LogP contribution in [0, 0.1) is 17.2 Å². The van der Waals surface area contributed by atoms with E-state index in [0.717, 1.165) is 13.0 Å². The van der Waals surface area contributed by atoms with E-state index in [4.69, 9.17) is 21.6 Å². The van der Waals surface area contributed by atoms with Gasteiger partial charge in [0.2, 0.25) is 5.91 Å². The molecular weight excluding hydrogens is 368 g/mol. The van der Waals surface area contributed by atoms with Crippen LogP contribution < -0.4 is 5.32 Å². The molecule has 1 heterocycles. The first-order valence-corrected chi connectivity index (χ1v) is 9.40. The van der Waals surface area contributed by atoms with Crippen molar-refractivity contribution in [2.75, 3.05) is 44.6 Å². The van der Waals surface area contributed by atoms with E-state index in [9.17, 15) is 9.59 Å². The number of carbonyl (C=O) groups excluding carboxylic acids is 2. The lowest BCUT2D eigenvalue weighted by atomic mass is 10.2. The van der Waals surface area contributed by atoms with Crippen LogP contribution in [0.1, 0.15) is 25.8 Å². The molecule has 8 heteroatoms. The highest BCUT2D eigenvalue weighted by molar-refractivity contribution is 6.32. The number of halogens is 1. The zero-order valence-corrected chi connectivity index (χ0v) is 16.5. The number of carbonyl (C=O) groups is 2. The smallest absolute Gasteiger partial charge is 0.409 e. The molecule has 1 aliphatic heterocycles. The van der Waals surface area contributed by atoms with Crippen LogP contribution in [0.5, 0.6) is 0 Å². The normalized spacial score (nSPS) is 15.1. The average molecular weight is 393 g/mol. The van der Waals surface area contributed by atoms with Gasteiger partial charge >= 0.3 is 6.09 Å². The van der Waals surface area contributed by atoms with E-state index < -0.39 is 0 Å². The standard InChI is InChI=1S/C19H25ClN4O3/c1-14(2)13-27-19(26)24-7-3-6-23(8-9-24)12-18(25)22-16-5-4-15(11-21)17(20)10-16/h4-5,10,14H,3,6-9,12-13H2,1-2H3,(H,22,25). The van der Waals surface area contributed by atoms with Crippen molar-refractivity contribution in [2.24, 2.45) is 5.92 Å². The van der Waals surface area contributed by atoms with Crippen molar-refractivity contribution in [3.8, 4) is 6.07 Å². The summed E-state index contributed by atoms with van der Waals surface area (Å²) in [6.45, 7) is 7.14. The number of hydrogen-bond acceptors (Lipinski definition) is 5. The molecule has 0 saturated carbocycles. The Kier molecular flexibility index (Phi) is 7.89. The molecule has 7 nitrogen and oxygen atoms in total. The van der Waals surface area contributed by atoms with Crippen molar-refractivity contribution in [3.05, 3.63) is 28.8 Å². The number of nitrogens with zero attached hydrogens (tertiary/aromatic N) is 3. The fraction of sp³-hybridized carbons (Fsp3) is 0.526. The van der Waals surface area contributed by atoms with Crippen LogP contribution >= 0.6 is 11.6 Å². The van der Waals surface area contributed by atoms with Crippen LogP contribution in [0.15, 0.2) is 18.2 Å². The zero-order chi connectivity index (χ0) is 19.8. The van der Waals surface area contributed by atoms with Crippen LogP contribution in [0.2, 0.25) is 5.02 Å². The number of hydrogen-bond donors (Lipinski definition) is 1. The van der Waals surface area contributed by atoms with Gasteiger partial charge in [0, 0.05) is 31.9 Å². The molecule has 1 aromatic carbocycles. The molecule has 0 aromatic heterocycles. The first kappa shape index (κ1) is 21.0. The first-order chi connectivity index (χ1) is 12.9. The Morgan fingerprint density at radius 3 is 2.74 bits per heavy atom. The Morgan fingerprint density at radius 2 is 2.07 bits per heavy atom. The molecule has 0 atom stereocenters. The highest BCUT2D eigenvalue weighted by Crippen LogP contribution is 2.20. The summed E-state index contributed by atoms with van der Waals surface area (Å²) in [4.78, 5) is 28.1. The molecule has 1 N–H and O–H groups in total. The number of nitrogens with one attached hydrogen (secondary N) is 1. The summed E-state index contributed by atoms with van der Waals surface area (Å²) in [5, 5.41) is 12.0. The monoisotopic (exact) mass is 392 g/mol. The van der Waals surface area contributed by atoms with Gasteiger partial charge in [0.05, 0.1) is 23.7 Å². The Morgan fingerprint density at radius 1 is 1.30 bits per heavy atom. The summed E-state index contributed by atoms with van der Waals surface area (Å²) in [6.07, 6.45) is 0.495. The van der Waals surface area contributed by atoms with Gasteiger partial charge < -0.3 is 15.0 Å². The second-order valence-corrected chi connectivity index (χ2v) is 7.35. The van der Waals surface area contributed by atoms with Gasteiger partial charge in [-0.15, -0.1) is 0 Å². The number of ether oxygens (including phenoxy) is 1. The minimum Gasteiger partial charge on any atom is -0.449 e. The molecule has 1 saturated heterocycles. The second kappa shape index (κ2) is 10.1. The Hall–Kier alpha value is -2.30. The number of amides is 2. The van der Waals surface area contributed by atoms with E-state index in [1.807, 2.05) is 24.8 Å².